The Labute approximate surface area is 149 Å². The standard InChI is InChI=1S/2C8H16O2.Pb.2H/c2*1-2-3-4-5-6-7-8(9)10;;;/h2*2-7H2,1H3,(H,9,10);;;/q;;+2;;/p-2. The van der Waals surface area contributed by atoms with Crippen LogP contribution in [0.3, 0.4) is 0 Å². The first kappa shape index (κ1) is 25.8. The normalized spacial score (nSPS) is 9.24. The van der Waals surface area contributed by atoms with Gasteiger partial charge in [-0.3, -0.25) is 0 Å². The van der Waals surface area contributed by atoms with Gasteiger partial charge in [-0.2, -0.15) is 0 Å². The van der Waals surface area contributed by atoms with E-state index in [0.29, 0.717) is 0 Å². The molecule has 0 aromatic rings. The number of carbonyl (C=O) groups is 2. The summed E-state index contributed by atoms with van der Waals surface area (Å²) < 4.78 is 0. The molecule has 0 aromatic heterocycles. The minimum absolute atomic E-state index is 0. The van der Waals surface area contributed by atoms with Crippen molar-refractivity contribution in [1.29, 1.82) is 0 Å². The van der Waals surface area contributed by atoms with Crippen molar-refractivity contribution in [2.45, 2.75) is 90.9 Å². The summed E-state index contributed by atoms with van der Waals surface area (Å²) in [4.78, 5) is 19.8. The van der Waals surface area contributed by atoms with E-state index < -0.39 is 11.9 Å². The summed E-state index contributed by atoms with van der Waals surface area (Å²) in [6, 6.07) is 0. The van der Waals surface area contributed by atoms with Gasteiger partial charge >= 0.3 is 27.3 Å². The topological polar surface area (TPSA) is 80.3 Å². The zero-order valence-electron chi connectivity index (χ0n) is 13.8. The van der Waals surface area contributed by atoms with Crippen molar-refractivity contribution >= 4 is 39.2 Å². The molecular formula is C16H32O4Pb. The summed E-state index contributed by atoms with van der Waals surface area (Å²) in [5.41, 5.74) is 0. The van der Waals surface area contributed by atoms with Crippen LogP contribution in [0.15, 0.2) is 0 Å². The average Bonchev–Trinajstić information content (AvgIpc) is 2.38. The molecule has 0 aromatic carbocycles. The summed E-state index contributed by atoms with van der Waals surface area (Å²) in [7, 11) is 0. The van der Waals surface area contributed by atoms with Crippen LogP contribution in [0.5, 0.6) is 0 Å². The van der Waals surface area contributed by atoms with Crippen molar-refractivity contribution in [1.82, 2.24) is 0 Å². The molecule has 0 bridgehead atoms. The Bertz CT molecular complexity index is 208. The molecule has 0 saturated heterocycles. The summed E-state index contributed by atoms with van der Waals surface area (Å²) in [6.07, 6.45) is 11.2. The molecule has 0 amide bonds. The second kappa shape index (κ2) is 22.1. The molecule has 0 radical (unpaired) electrons. The predicted octanol–water partition coefficient (Wildman–Crippen LogP) is 1.28. The Hall–Kier alpha value is -0.138. The number of hydrogen-bond donors (Lipinski definition) is 0. The van der Waals surface area contributed by atoms with Crippen LogP contribution in [-0.2, 0) is 9.59 Å². The maximum atomic E-state index is 9.92. The molecule has 0 aliphatic carbocycles. The molecule has 4 nitrogen and oxygen atoms in total. The van der Waals surface area contributed by atoms with Crippen LogP contribution in [0.4, 0.5) is 0 Å². The van der Waals surface area contributed by atoms with Crippen molar-refractivity contribution in [2.24, 2.45) is 0 Å². The van der Waals surface area contributed by atoms with Gasteiger partial charge in [0.1, 0.15) is 0 Å². The van der Waals surface area contributed by atoms with Crippen LogP contribution in [0, 0.1) is 0 Å². The number of aliphatic carboxylic acids is 2. The van der Waals surface area contributed by atoms with E-state index in [0.717, 1.165) is 38.5 Å². The first-order valence-electron chi connectivity index (χ1n) is 7.94. The molecule has 0 rings (SSSR count). The van der Waals surface area contributed by atoms with E-state index in [2.05, 4.69) is 13.8 Å². The van der Waals surface area contributed by atoms with Crippen LogP contribution in [0.25, 0.3) is 0 Å². The Morgan fingerprint density at radius 1 is 0.619 bits per heavy atom. The molecule has 0 aliphatic rings. The quantitative estimate of drug-likeness (QED) is 0.302. The second-order valence-corrected chi connectivity index (χ2v) is 5.07. The molecule has 0 atom stereocenters. The third-order valence-corrected chi connectivity index (χ3v) is 2.97. The molecule has 0 fully saturated rings. The van der Waals surface area contributed by atoms with E-state index in [1.807, 2.05) is 0 Å². The SMILES string of the molecule is CCCCCCCC(=O)[O-].CCCCCCCC(=O)[O-].[PbH2+2]. The van der Waals surface area contributed by atoms with Crippen LogP contribution < -0.4 is 10.2 Å². The van der Waals surface area contributed by atoms with Gasteiger partial charge in [-0.15, -0.1) is 0 Å². The molecule has 0 heterocycles. The molecule has 0 spiro atoms. The van der Waals surface area contributed by atoms with Gasteiger partial charge in [0.15, 0.2) is 0 Å². The van der Waals surface area contributed by atoms with E-state index >= 15 is 0 Å². The van der Waals surface area contributed by atoms with Gasteiger partial charge in [0.25, 0.3) is 0 Å². The minimum atomic E-state index is -0.920. The van der Waals surface area contributed by atoms with Gasteiger partial charge in [0.2, 0.25) is 0 Å². The summed E-state index contributed by atoms with van der Waals surface area (Å²) >= 11 is 0. The van der Waals surface area contributed by atoms with E-state index in [-0.39, 0.29) is 40.1 Å². The zero-order chi connectivity index (χ0) is 15.6. The number of carboxylic acid groups (broad SMARTS) is 2. The molecule has 0 N–H and O–H groups in total. The first-order chi connectivity index (χ1) is 9.54. The number of hydrogen-bond acceptors (Lipinski definition) is 4. The summed E-state index contributed by atoms with van der Waals surface area (Å²) in [5, 5.41) is 19.8. The molecule has 0 aliphatic heterocycles. The fourth-order valence-corrected chi connectivity index (χ4v) is 1.75. The Kier molecular flexibility index (Phi) is 27.2. The molecular weight excluding hydrogens is 463 g/mol. The fourth-order valence-electron chi connectivity index (χ4n) is 1.75. The molecule has 0 unspecified atom stereocenters. The van der Waals surface area contributed by atoms with E-state index in [1.54, 1.807) is 0 Å². The predicted molar refractivity (Wildman–Crippen MR) is 85.3 cm³/mol. The van der Waals surface area contributed by atoms with Gasteiger partial charge in [-0.1, -0.05) is 65.2 Å². The Morgan fingerprint density at radius 2 is 0.905 bits per heavy atom. The molecule has 21 heavy (non-hydrogen) atoms. The number of carbonyl (C=O) groups excluding carboxylic acids is 2. The van der Waals surface area contributed by atoms with E-state index in [4.69, 9.17) is 0 Å². The van der Waals surface area contributed by atoms with Crippen molar-refractivity contribution < 1.29 is 19.8 Å². The number of rotatable bonds is 12. The third kappa shape index (κ3) is 33.0. The van der Waals surface area contributed by atoms with Gasteiger partial charge < -0.3 is 19.8 Å². The third-order valence-electron chi connectivity index (χ3n) is 2.97. The van der Waals surface area contributed by atoms with Gasteiger partial charge in [0.05, 0.1) is 0 Å². The second-order valence-electron chi connectivity index (χ2n) is 5.07. The molecule has 0 saturated carbocycles. The van der Waals surface area contributed by atoms with Crippen LogP contribution in [0.1, 0.15) is 90.9 Å². The average molecular weight is 496 g/mol. The van der Waals surface area contributed by atoms with Gasteiger partial charge in [-0.25, -0.2) is 0 Å². The van der Waals surface area contributed by atoms with Gasteiger partial charge in [-0.05, 0) is 25.7 Å². The Morgan fingerprint density at radius 3 is 1.14 bits per heavy atom. The van der Waals surface area contributed by atoms with Gasteiger partial charge in [0, 0.05) is 11.9 Å². The Balaban J connectivity index is -0.000000295. The van der Waals surface area contributed by atoms with Crippen LogP contribution in [-0.4, -0.2) is 39.2 Å². The molecule has 124 valence electrons. The van der Waals surface area contributed by atoms with Crippen LogP contribution >= 0.6 is 0 Å². The van der Waals surface area contributed by atoms with Crippen molar-refractivity contribution in [3.8, 4) is 0 Å². The monoisotopic (exact) mass is 496 g/mol. The van der Waals surface area contributed by atoms with E-state index in [9.17, 15) is 19.8 Å². The molecule has 5 heteroatoms. The summed E-state index contributed by atoms with van der Waals surface area (Å²) in [6.45, 7) is 4.28. The number of carboxylic acids is 2. The van der Waals surface area contributed by atoms with Crippen molar-refractivity contribution in [3.05, 3.63) is 0 Å². The van der Waals surface area contributed by atoms with E-state index in [1.165, 1.54) is 25.7 Å². The fraction of sp³-hybridized carbons (Fsp3) is 0.875. The van der Waals surface area contributed by atoms with Crippen LogP contribution in [0.2, 0.25) is 0 Å². The van der Waals surface area contributed by atoms with Crippen molar-refractivity contribution in [3.63, 3.8) is 0 Å². The number of unbranched alkanes of at least 4 members (excludes halogenated alkanes) is 8. The zero-order valence-corrected chi connectivity index (χ0v) is 19.3. The summed E-state index contributed by atoms with van der Waals surface area (Å²) in [5.74, 6) is -1.84. The maximum absolute atomic E-state index is 9.92. The first-order valence-corrected chi connectivity index (χ1v) is 7.94. The van der Waals surface area contributed by atoms with Crippen molar-refractivity contribution in [2.75, 3.05) is 0 Å².